The molecule has 1 aromatic rings. The molecule has 21 heavy (non-hydrogen) atoms. The Kier molecular flexibility index (Phi) is 5.61. The molecule has 0 aromatic heterocycles. The van der Waals surface area contributed by atoms with Gasteiger partial charge >= 0.3 is 0 Å². The van der Waals surface area contributed by atoms with Crippen molar-refractivity contribution in [1.82, 2.24) is 0 Å². The Hall–Kier alpha value is -1.75. The number of benzene rings is 1. The molecule has 0 radical (unpaired) electrons. The zero-order chi connectivity index (χ0) is 14.8. The second kappa shape index (κ2) is 6.80. The molecule has 0 saturated carbocycles. The lowest BCUT2D eigenvalue weighted by Crippen LogP contribution is -2.54. The lowest BCUT2D eigenvalue weighted by atomic mass is 10.1. The van der Waals surface area contributed by atoms with Crippen LogP contribution in [-0.4, -0.2) is 17.6 Å². The normalized spacial score (nSPS) is 16.8. The maximum Gasteiger partial charge on any atom is 0.220 e. The molecule has 0 aliphatic carbocycles. The number of aryl methyl sites for hydroxylation is 1. The van der Waals surface area contributed by atoms with Gasteiger partial charge in [-0.2, -0.15) is 4.99 Å². The summed E-state index contributed by atoms with van der Waals surface area (Å²) in [5.41, 5.74) is 13.5. The summed E-state index contributed by atoms with van der Waals surface area (Å²) >= 11 is 0. The van der Waals surface area contributed by atoms with Gasteiger partial charge in [-0.3, -0.25) is 4.90 Å². The van der Waals surface area contributed by atoms with Crippen molar-refractivity contribution in [2.75, 3.05) is 4.90 Å². The van der Waals surface area contributed by atoms with E-state index in [-0.39, 0.29) is 18.4 Å². The number of nitrogens with zero attached hydrogens (tertiary/aromatic N) is 3. The van der Waals surface area contributed by atoms with Gasteiger partial charge in [-0.1, -0.05) is 25.5 Å². The van der Waals surface area contributed by atoms with Gasteiger partial charge in [0.05, 0.1) is 0 Å². The highest BCUT2D eigenvalue weighted by Crippen LogP contribution is 2.27. The first-order valence-electron chi connectivity index (χ1n) is 7.02. The Bertz CT molecular complexity index is 533. The van der Waals surface area contributed by atoms with Gasteiger partial charge in [0.2, 0.25) is 11.9 Å². The number of hydrogen-bond donors (Lipinski definition) is 2. The molecule has 0 amide bonds. The quantitative estimate of drug-likeness (QED) is 0.897. The maximum atomic E-state index is 6.01. The molecule has 1 heterocycles. The van der Waals surface area contributed by atoms with Gasteiger partial charge in [0, 0.05) is 5.69 Å². The summed E-state index contributed by atoms with van der Waals surface area (Å²) in [6.45, 7) is 6.13. The van der Waals surface area contributed by atoms with Crippen molar-refractivity contribution in [3.8, 4) is 0 Å². The molecule has 4 N–H and O–H groups in total. The molecule has 1 aliphatic heterocycles. The lowest BCUT2D eigenvalue weighted by Gasteiger charge is -2.38. The first-order valence-corrected chi connectivity index (χ1v) is 7.02. The summed E-state index contributed by atoms with van der Waals surface area (Å²) in [6, 6.07) is 8.39. The predicted octanol–water partition coefficient (Wildman–Crippen LogP) is 2.64. The molecule has 0 bridgehead atoms. The highest BCUT2D eigenvalue weighted by molar-refractivity contribution is 6.05. The van der Waals surface area contributed by atoms with Crippen molar-refractivity contribution in [2.45, 2.75) is 45.7 Å². The zero-order valence-electron chi connectivity index (χ0n) is 12.8. The van der Waals surface area contributed by atoms with Gasteiger partial charge in [-0.25, -0.2) is 4.99 Å². The third kappa shape index (κ3) is 3.88. The Morgan fingerprint density at radius 2 is 1.76 bits per heavy atom. The fourth-order valence-corrected chi connectivity index (χ4v) is 2.44. The van der Waals surface area contributed by atoms with Crippen molar-refractivity contribution >= 4 is 30.0 Å². The van der Waals surface area contributed by atoms with Gasteiger partial charge in [-0.15, -0.1) is 12.4 Å². The van der Waals surface area contributed by atoms with Crippen LogP contribution in [0.1, 0.15) is 39.2 Å². The Labute approximate surface area is 132 Å². The Morgan fingerprint density at radius 1 is 1.14 bits per heavy atom. The predicted molar refractivity (Wildman–Crippen MR) is 92.1 cm³/mol. The van der Waals surface area contributed by atoms with E-state index >= 15 is 0 Å². The number of unbranched alkanes of at least 4 members (excludes halogenated alkanes) is 1. The van der Waals surface area contributed by atoms with Crippen LogP contribution >= 0.6 is 12.4 Å². The molecule has 0 atom stereocenters. The molecule has 0 fully saturated rings. The highest BCUT2D eigenvalue weighted by atomic mass is 35.5. The molecule has 5 nitrogen and oxygen atoms in total. The molecule has 1 aliphatic rings. The van der Waals surface area contributed by atoms with E-state index in [4.69, 9.17) is 11.5 Å². The molecule has 0 unspecified atom stereocenters. The van der Waals surface area contributed by atoms with E-state index in [1.54, 1.807) is 0 Å². The van der Waals surface area contributed by atoms with Gasteiger partial charge in [-0.05, 0) is 44.4 Å². The highest BCUT2D eigenvalue weighted by Gasteiger charge is 2.32. The van der Waals surface area contributed by atoms with E-state index in [0.29, 0.717) is 5.96 Å². The SMILES string of the molecule is CCCCc1ccc(N2C(N)=NC(N)=NC2(C)C)cc1.Cl. The van der Waals surface area contributed by atoms with E-state index in [2.05, 4.69) is 41.2 Å². The molecule has 6 heteroatoms. The number of anilines is 1. The number of hydrogen-bond acceptors (Lipinski definition) is 5. The summed E-state index contributed by atoms with van der Waals surface area (Å²) in [5.74, 6) is 0.604. The van der Waals surface area contributed by atoms with E-state index in [0.717, 1.165) is 12.1 Å². The van der Waals surface area contributed by atoms with Crippen molar-refractivity contribution < 1.29 is 0 Å². The van der Waals surface area contributed by atoms with Gasteiger partial charge in [0.25, 0.3) is 0 Å². The van der Waals surface area contributed by atoms with Crippen LogP contribution in [-0.2, 0) is 6.42 Å². The zero-order valence-corrected chi connectivity index (χ0v) is 13.7. The van der Waals surface area contributed by atoms with Crippen molar-refractivity contribution in [3.63, 3.8) is 0 Å². The Balaban J connectivity index is 0.00000220. The van der Waals surface area contributed by atoms with E-state index in [1.165, 1.54) is 18.4 Å². The van der Waals surface area contributed by atoms with Crippen LogP contribution in [0.25, 0.3) is 0 Å². The minimum Gasteiger partial charge on any atom is -0.369 e. The third-order valence-corrected chi connectivity index (χ3v) is 3.41. The summed E-state index contributed by atoms with van der Waals surface area (Å²) in [7, 11) is 0. The van der Waals surface area contributed by atoms with Crippen molar-refractivity contribution in [2.24, 2.45) is 21.5 Å². The summed E-state index contributed by atoms with van der Waals surface area (Å²) in [4.78, 5) is 10.3. The fraction of sp³-hybridized carbons (Fsp3) is 0.467. The van der Waals surface area contributed by atoms with Gasteiger partial charge in [0.15, 0.2) is 0 Å². The Morgan fingerprint density at radius 3 is 2.29 bits per heavy atom. The largest absolute Gasteiger partial charge is 0.369 e. The monoisotopic (exact) mass is 309 g/mol. The van der Waals surface area contributed by atoms with Crippen LogP contribution in [0.2, 0.25) is 0 Å². The molecular weight excluding hydrogens is 286 g/mol. The average molecular weight is 310 g/mol. The second-order valence-electron chi connectivity index (χ2n) is 5.54. The van der Waals surface area contributed by atoms with Crippen LogP contribution in [0.15, 0.2) is 34.3 Å². The summed E-state index contributed by atoms with van der Waals surface area (Å²) < 4.78 is 0. The smallest absolute Gasteiger partial charge is 0.220 e. The van der Waals surface area contributed by atoms with Gasteiger partial charge < -0.3 is 11.5 Å². The summed E-state index contributed by atoms with van der Waals surface area (Å²) in [6.07, 6.45) is 3.52. The van der Waals surface area contributed by atoms with E-state index in [9.17, 15) is 0 Å². The minimum atomic E-state index is -0.527. The van der Waals surface area contributed by atoms with Crippen LogP contribution in [0.4, 0.5) is 5.69 Å². The average Bonchev–Trinajstić information content (AvgIpc) is 2.35. The maximum absolute atomic E-state index is 6.01. The van der Waals surface area contributed by atoms with Crippen LogP contribution in [0.3, 0.4) is 0 Å². The number of nitrogens with two attached hydrogens (primary N) is 2. The fourth-order valence-electron chi connectivity index (χ4n) is 2.44. The van der Waals surface area contributed by atoms with Crippen LogP contribution < -0.4 is 16.4 Å². The third-order valence-electron chi connectivity index (χ3n) is 3.41. The standard InChI is InChI=1S/C15H23N5.ClH/c1-4-5-6-11-7-9-12(10-8-11)20-14(17)18-13(16)19-15(20,2)3;/h7-10H,4-6H2,1-3H3,(H4,16,17,18,19);1H. The molecular formula is C15H24ClN5. The molecule has 2 rings (SSSR count). The van der Waals surface area contributed by atoms with Gasteiger partial charge in [0.1, 0.15) is 5.66 Å². The van der Waals surface area contributed by atoms with E-state index < -0.39 is 5.66 Å². The minimum absolute atomic E-state index is 0. The van der Waals surface area contributed by atoms with Crippen molar-refractivity contribution in [3.05, 3.63) is 29.8 Å². The topological polar surface area (TPSA) is 80.0 Å². The molecule has 0 saturated heterocycles. The van der Waals surface area contributed by atoms with Crippen molar-refractivity contribution in [1.29, 1.82) is 0 Å². The van der Waals surface area contributed by atoms with Crippen LogP contribution in [0, 0.1) is 0 Å². The number of halogens is 1. The second-order valence-corrected chi connectivity index (χ2v) is 5.54. The number of rotatable bonds is 4. The number of guanidine groups is 2. The molecule has 116 valence electrons. The lowest BCUT2D eigenvalue weighted by molar-refractivity contribution is 0.534. The van der Waals surface area contributed by atoms with E-state index in [1.807, 2.05) is 18.7 Å². The first-order chi connectivity index (χ1) is 9.44. The molecule has 1 aromatic carbocycles. The first kappa shape index (κ1) is 17.3. The number of aliphatic imine (C=N–C) groups is 2. The van der Waals surface area contributed by atoms with Crippen LogP contribution in [0.5, 0.6) is 0 Å². The molecule has 0 spiro atoms. The summed E-state index contributed by atoms with van der Waals surface area (Å²) in [5, 5.41) is 0.